The number of rotatable bonds is 5. The maximum Gasteiger partial charge on any atom is 0.119 e. The Morgan fingerprint density at radius 1 is 1.56 bits per heavy atom. The van der Waals surface area contributed by atoms with Gasteiger partial charge in [0.15, 0.2) is 0 Å². The van der Waals surface area contributed by atoms with E-state index in [4.69, 9.17) is 9.47 Å². The molecule has 1 saturated heterocycles. The van der Waals surface area contributed by atoms with Crippen LogP contribution in [-0.2, 0) is 11.2 Å². The molecule has 2 unspecified atom stereocenters. The highest BCUT2D eigenvalue weighted by atomic mass is 79.9. The Morgan fingerprint density at radius 3 is 3.06 bits per heavy atom. The predicted octanol–water partition coefficient (Wildman–Crippen LogP) is 2.93. The fourth-order valence-corrected chi connectivity index (χ4v) is 2.71. The van der Waals surface area contributed by atoms with Crippen molar-refractivity contribution in [3.63, 3.8) is 0 Å². The Hall–Kier alpha value is -0.580. The molecule has 4 heteroatoms. The Bertz CT molecular complexity index is 389. The second-order valence-electron chi connectivity index (χ2n) is 4.69. The van der Waals surface area contributed by atoms with Gasteiger partial charge in [-0.05, 0) is 49.4 Å². The Labute approximate surface area is 116 Å². The summed E-state index contributed by atoms with van der Waals surface area (Å²) in [7, 11) is 1.65. The number of methoxy groups -OCH3 is 1. The van der Waals surface area contributed by atoms with Gasteiger partial charge in [0.05, 0.1) is 19.3 Å². The second-order valence-corrected chi connectivity index (χ2v) is 5.54. The molecule has 0 bridgehead atoms. The van der Waals surface area contributed by atoms with Crippen LogP contribution in [0.25, 0.3) is 0 Å². The summed E-state index contributed by atoms with van der Waals surface area (Å²) in [5.41, 5.74) is 1.07. The molecule has 1 aromatic rings. The molecule has 0 aliphatic carbocycles. The quantitative estimate of drug-likeness (QED) is 0.908. The van der Waals surface area contributed by atoms with E-state index >= 15 is 0 Å². The lowest BCUT2D eigenvalue weighted by atomic mass is 10.0. The minimum atomic E-state index is -0.364. The number of benzene rings is 1. The molecule has 3 nitrogen and oxygen atoms in total. The molecule has 1 aliphatic heterocycles. The van der Waals surface area contributed by atoms with Crippen molar-refractivity contribution < 1.29 is 14.6 Å². The molecular formula is C14H19BrO3. The third-order valence-corrected chi connectivity index (χ3v) is 4.04. The second kappa shape index (κ2) is 6.55. The number of hydrogen-bond acceptors (Lipinski definition) is 3. The van der Waals surface area contributed by atoms with Gasteiger partial charge in [-0.25, -0.2) is 0 Å². The molecule has 1 aromatic carbocycles. The third-order valence-electron chi connectivity index (χ3n) is 3.27. The van der Waals surface area contributed by atoms with E-state index in [1.807, 2.05) is 18.2 Å². The fraction of sp³-hybridized carbons (Fsp3) is 0.571. The van der Waals surface area contributed by atoms with Crippen molar-refractivity contribution in [2.75, 3.05) is 13.7 Å². The molecule has 1 N–H and O–H groups in total. The summed E-state index contributed by atoms with van der Waals surface area (Å²) in [6.45, 7) is 0.834. The van der Waals surface area contributed by atoms with Crippen molar-refractivity contribution in [2.45, 2.75) is 37.9 Å². The molecule has 18 heavy (non-hydrogen) atoms. The van der Waals surface area contributed by atoms with Crippen LogP contribution in [0.3, 0.4) is 0 Å². The smallest absolute Gasteiger partial charge is 0.119 e. The minimum absolute atomic E-state index is 0.226. The normalized spacial score (nSPS) is 20.9. The molecule has 100 valence electrons. The van der Waals surface area contributed by atoms with Crippen LogP contribution in [0.4, 0.5) is 0 Å². The number of ether oxygens (including phenoxy) is 2. The van der Waals surface area contributed by atoms with Crippen molar-refractivity contribution in [3.8, 4) is 5.75 Å². The molecular weight excluding hydrogens is 296 g/mol. The molecule has 0 aromatic heterocycles. The molecule has 0 saturated carbocycles. The molecule has 0 spiro atoms. The van der Waals surface area contributed by atoms with Crippen LogP contribution in [0.2, 0.25) is 0 Å². The standard InChI is InChI=1S/C14H19BrO3/c1-17-12-4-5-14(15)10(8-12)7-11(16)9-13-3-2-6-18-13/h4-5,8,11,13,16H,2-3,6-7,9H2,1H3. The number of aliphatic hydroxyl groups excluding tert-OH is 1. The highest BCUT2D eigenvalue weighted by Gasteiger charge is 2.20. The van der Waals surface area contributed by atoms with Gasteiger partial charge in [-0.1, -0.05) is 15.9 Å². The highest BCUT2D eigenvalue weighted by Crippen LogP contribution is 2.25. The van der Waals surface area contributed by atoms with Gasteiger partial charge in [-0.3, -0.25) is 0 Å². The molecule has 1 heterocycles. The van der Waals surface area contributed by atoms with E-state index in [-0.39, 0.29) is 12.2 Å². The SMILES string of the molecule is COc1ccc(Br)c(CC(O)CC2CCCO2)c1. The summed E-state index contributed by atoms with van der Waals surface area (Å²) in [5, 5.41) is 10.1. The van der Waals surface area contributed by atoms with Crippen molar-refractivity contribution in [1.82, 2.24) is 0 Å². The van der Waals surface area contributed by atoms with Gasteiger partial charge >= 0.3 is 0 Å². The lowest BCUT2D eigenvalue weighted by Gasteiger charge is -2.16. The van der Waals surface area contributed by atoms with E-state index in [1.165, 1.54) is 0 Å². The fourth-order valence-electron chi connectivity index (χ4n) is 2.31. The van der Waals surface area contributed by atoms with Crippen LogP contribution in [0.5, 0.6) is 5.75 Å². The lowest BCUT2D eigenvalue weighted by Crippen LogP contribution is -2.19. The lowest BCUT2D eigenvalue weighted by molar-refractivity contribution is 0.0540. The summed E-state index contributed by atoms with van der Waals surface area (Å²) in [5.74, 6) is 0.817. The molecule has 0 amide bonds. The van der Waals surface area contributed by atoms with Crippen molar-refractivity contribution >= 4 is 15.9 Å². The number of halogens is 1. The minimum Gasteiger partial charge on any atom is -0.497 e. The van der Waals surface area contributed by atoms with E-state index in [2.05, 4.69) is 15.9 Å². The maximum atomic E-state index is 10.1. The molecule has 1 fully saturated rings. The Morgan fingerprint density at radius 2 is 2.39 bits per heavy atom. The Balaban J connectivity index is 1.94. The van der Waals surface area contributed by atoms with Gasteiger partial charge in [0.2, 0.25) is 0 Å². The van der Waals surface area contributed by atoms with E-state index in [0.717, 1.165) is 35.2 Å². The van der Waals surface area contributed by atoms with E-state index in [9.17, 15) is 5.11 Å². The summed E-state index contributed by atoms with van der Waals surface area (Å²) >= 11 is 3.50. The summed E-state index contributed by atoms with van der Waals surface area (Å²) in [6.07, 6.45) is 3.37. The predicted molar refractivity (Wildman–Crippen MR) is 74.0 cm³/mol. The van der Waals surface area contributed by atoms with Gasteiger partial charge < -0.3 is 14.6 Å². The average molecular weight is 315 g/mol. The van der Waals surface area contributed by atoms with Gasteiger partial charge in [0, 0.05) is 11.1 Å². The molecule has 2 rings (SSSR count). The van der Waals surface area contributed by atoms with Crippen molar-refractivity contribution in [2.24, 2.45) is 0 Å². The summed E-state index contributed by atoms with van der Waals surface area (Å²) in [6, 6.07) is 5.82. The topological polar surface area (TPSA) is 38.7 Å². The van der Waals surface area contributed by atoms with Crippen LogP contribution >= 0.6 is 15.9 Å². The first-order valence-electron chi connectivity index (χ1n) is 6.31. The molecule has 1 aliphatic rings. The summed E-state index contributed by atoms with van der Waals surface area (Å²) < 4.78 is 11.7. The first kappa shape index (κ1) is 13.8. The van der Waals surface area contributed by atoms with Crippen LogP contribution < -0.4 is 4.74 Å². The van der Waals surface area contributed by atoms with Gasteiger partial charge in [-0.15, -0.1) is 0 Å². The largest absolute Gasteiger partial charge is 0.497 e. The number of aliphatic hydroxyl groups is 1. The first-order chi connectivity index (χ1) is 8.69. The van der Waals surface area contributed by atoms with Crippen molar-refractivity contribution in [1.29, 1.82) is 0 Å². The van der Waals surface area contributed by atoms with Crippen molar-refractivity contribution in [3.05, 3.63) is 28.2 Å². The van der Waals surface area contributed by atoms with E-state index < -0.39 is 0 Å². The van der Waals surface area contributed by atoms with Crippen LogP contribution in [-0.4, -0.2) is 31.0 Å². The zero-order chi connectivity index (χ0) is 13.0. The van der Waals surface area contributed by atoms with Crippen LogP contribution in [0.15, 0.2) is 22.7 Å². The van der Waals surface area contributed by atoms with E-state index in [0.29, 0.717) is 12.8 Å². The van der Waals surface area contributed by atoms with Gasteiger partial charge in [-0.2, -0.15) is 0 Å². The average Bonchev–Trinajstić information content (AvgIpc) is 2.84. The van der Waals surface area contributed by atoms with E-state index in [1.54, 1.807) is 7.11 Å². The van der Waals surface area contributed by atoms with Gasteiger partial charge in [0.1, 0.15) is 5.75 Å². The maximum absolute atomic E-state index is 10.1. The highest BCUT2D eigenvalue weighted by molar-refractivity contribution is 9.10. The van der Waals surface area contributed by atoms with Gasteiger partial charge in [0.25, 0.3) is 0 Å². The summed E-state index contributed by atoms with van der Waals surface area (Å²) in [4.78, 5) is 0. The zero-order valence-electron chi connectivity index (χ0n) is 10.6. The molecule has 2 atom stereocenters. The first-order valence-corrected chi connectivity index (χ1v) is 7.10. The molecule has 0 radical (unpaired) electrons. The Kier molecular flexibility index (Phi) is 5.03. The third kappa shape index (κ3) is 3.70. The van der Waals surface area contributed by atoms with Crippen LogP contribution in [0.1, 0.15) is 24.8 Å². The monoisotopic (exact) mass is 314 g/mol. The zero-order valence-corrected chi connectivity index (χ0v) is 12.1. The van der Waals surface area contributed by atoms with Crippen LogP contribution in [0, 0.1) is 0 Å². The number of hydrogen-bond donors (Lipinski definition) is 1.